The Labute approximate surface area is 159 Å². The molecule has 4 nitrogen and oxygen atoms in total. The van der Waals surface area contributed by atoms with Gasteiger partial charge in [0.2, 0.25) is 5.91 Å². The maximum Gasteiger partial charge on any atom is 0.222 e. The molecule has 2 bridgehead atoms. The predicted octanol–water partition coefficient (Wildman–Crippen LogP) is 2.94. The van der Waals surface area contributed by atoms with Crippen LogP contribution in [0.5, 0.6) is 0 Å². The molecular weight excluding hydrogens is 345 g/mol. The highest BCUT2D eigenvalue weighted by Gasteiger charge is 2.35. The summed E-state index contributed by atoms with van der Waals surface area (Å²) in [5, 5.41) is 3.67. The molecule has 3 aliphatic rings. The van der Waals surface area contributed by atoms with Crippen LogP contribution in [0.15, 0.2) is 0 Å². The molecule has 6 heteroatoms. The van der Waals surface area contributed by atoms with Gasteiger partial charge in [0.05, 0.1) is 0 Å². The van der Waals surface area contributed by atoms with Crippen LogP contribution in [-0.2, 0) is 4.79 Å². The van der Waals surface area contributed by atoms with Crippen LogP contribution in [0.4, 0.5) is 0 Å². The number of amides is 1. The lowest BCUT2D eigenvalue weighted by molar-refractivity contribution is -0.131. The lowest BCUT2D eigenvalue weighted by atomic mass is 9.89. The summed E-state index contributed by atoms with van der Waals surface area (Å²) in [4.78, 5) is 17.2. The van der Waals surface area contributed by atoms with Gasteiger partial charge in [0.15, 0.2) is 0 Å². The summed E-state index contributed by atoms with van der Waals surface area (Å²) < 4.78 is 0. The van der Waals surface area contributed by atoms with Gasteiger partial charge in [-0.15, -0.1) is 24.8 Å². The average molecular weight is 380 g/mol. The van der Waals surface area contributed by atoms with Gasteiger partial charge in [-0.3, -0.25) is 4.79 Å². The van der Waals surface area contributed by atoms with E-state index in [0.717, 1.165) is 39.1 Å². The number of halogens is 2. The largest absolute Gasteiger partial charge is 0.342 e. The number of carbonyl (C=O) groups is 1. The molecule has 0 radical (unpaired) electrons. The molecule has 0 aromatic heterocycles. The van der Waals surface area contributed by atoms with E-state index in [2.05, 4.69) is 29.0 Å². The second-order valence-electron chi connectivity index (χ2n) is 7.66. The second-order valence-corrected chi connectivity index (χ2v) is 7.66. The summed E-state index contributed by atoms with van der Waals surface area (Å²) in [6.07, 6.45) is 7.08. The Bertz CT molecular complexity index is 380. The van der Waals surface area contributed by atoms with E-state index in [0.29, 0.717) is 29.8 Å². The zero-order valence-corrected chi connectivity index (χ0v) is 16.8. The molecule has 0 aliphatic carbocycles. The molecule has 142 valence electrons. The molecule has 0 aromatic rings. The van der Waals surface area contributed by atoms with Crippen molar-refractivity contribution in [2.75, 3.05) is 32.7 Å². The Balaban J connectivity index is 0.00000144. The first-order valence-corrected chi connectivity index (χ1v) is 9.44. The van der Waals surface area contributed by atoms with Crippen molar-refractivity contribution in [2.24, 2.45) is 11.8 Å². The molecule has 3 fully saturated rings. The minimum Gasteiger partial charge on any atom is -0.342 e. The third-order valence-corrected chi connectivity index (χ3v) is 6.08. The van der Waals surface area contributed by atoms with E-state index in [4.69, 9.17) is 0 Å². The summed E-state index contributed by atoms with van der Waals surface area (Å²) in [5.74, 6) is 1.74. The minimum absolute atomic E-state index is 0. The van der Waals surface area contributed by atoms with Gasteiger partial charge in [0.25, 0.3) is 0 Å². The number of rotatable bonds is 6. The molecule has 0 spiro atoms. The van der Waals surface area contributed by atoms with Crippen LogP contribution in [0, 0.1) is 11.8 Å². The van der Waals surface area contributed by atoms with Gasteiger partial charge >= 0.3 is 0 Å². The lowest BCUT2D eigenvalue weighted by Crippen LogP contribution is -2.40. The van der Waals surface area contributed by atoms with Crippen molar-refractivity contribution in [3.05, 3.63) is 0 Å². The van der Waals surface area contributed by atoms with E-state index >= 15 is 0 Å². The van der Waals surface area contributed by atoms with Gasteiger partial charge in [-0.1, -0.05) is 13.8 Å². The van der Waals surface area contributed by atoms with Crippen molar-refractivity contribution in [3.8, 4) is 0 Å². The highest BCUT2D eigenvalue weighted by atomic mass is 35.5. The molecule has 0 aromatic carbocycles. The molecule has 3 unspecified atom stereocenters. The fraction of sp³-hybridized carbons (Fsp3) is 0.944. The van der Waals surface area contributed by atoms with Gasteiger partial charge in [-0.25, -0.2) is 0 Å². The van der Waals surface area contributed by atoms with Crippen molar-refractivity contribution in [3.63, 3.8) is 0 Å². The van der Waals surface area contributed by atoms with Crippen LogP contribution in [0.2, 0.25) is 0 Å². The maximum absolute atomic E-state index is 12.6. The van der Waals surface area contributed by atoms with Gasteiger partial charge in [0, 0.05) is 38.1 Å². The van der Waals surface area contributed by atoms with Crippen LogP contribution in [0.3, 0.4) is 0 Å². The smallest absolute Gasteiger partial charge is 0.222 e. The summed E-state index contributed by atoms with van der Waals surface area (Å²) in [5.41, 5.74) is 0. The fourth-order valence-corrected chi connectivity index (χ4v) is 4.77. The Morgan fingerprint density at radius 1 is 1.04 bits per heavy atom. The second kappa shape index (κ2) is 10.2. The normalized spacial score (nSPS) is 31.7. The van der Waals surface area contributed by atoms with Crippen LogP contribution >= 0.6 is 24.8 Å². The monoisotopic (exact) mass is 379 g/mol. The predicted molar refractivity (Wildman–Crippen MR) is 104 cm³/mol. The number of nitrogens with zero attached hydrogens (tertiary/aromatic N) is 2. The zero-order chi connectivity index (χ0) is 15.5. The van der Waals surface area contributed by atoms with Gasteiger partial charge in [-0.2, -0.15) is 0 Å². The molecule has 3 rings (SSSR count). The van der Waals surface area contributed by atoms with E-state index in [1.165, 1.54) is 32.1 Å². The Kier molecular flexibility index (Phi) is 9.35. The lowest BCUT2D eigenvalue weighted by Gasteiger charge is -2.30. The van der Waals surface area contributed by atoms with Crippen molar-refractivity contribution in [2.45, 2.75) is 64.5 Å². The molecule has 0 saturated carbocycles. The number of fused-ring (bicyclic) bond motifs is 2. The number of nitrogens with one attached hydrogen (secondary N) is 1. The van der Waals surface area contributed by atoms with E-state index in [1.807, 2.05) is 0 Å². The molecule has 3 atom stereocenters. The third kappa shape index (κ3) is 5.48. The van der Waals surface area contributed by atoms with Gasteiger partial charge < -0.3 is 15.1 Å². The Morgan fingerprint density at radius 3 is 2.25 bits per heavy atom. The summed E-state index contributed by atoms with van der Waals surface area (Å²) in [7, 11) is 0. The van der Waals surface area contributed by atoms with Gasteiger partial charge in [-0.05, 0) is 57.0 Å². The molecule has 3 aliphatic heterocycles. The first kappa shape index (κ1) is 22.0. The van der Waals surface area contributed by atoms with Crippen LogP contribution in [0.25, 0.3) is 0 Å². The number of hydrogen-bond donors (Lipinski definition) is 1. The first-order valence-electron chi connectivity index (χ1n) is 9.44. The highest BCUT2D eigenvalue weighted by molar-refractivity contribution is 5.85. The third-order valence-electron chi connectivity index (χ3n) is 6.08. The van der Waals surface area contributed by atoms with E-state index in [9.17, 15) is 4.79 Å². The number of carbonyl (C=O) groups excluding carboxylic acids is 1. The number of likely N-dealkylation sites (tertiary alicyclic amines) is 1. The van der Waals surface area contributed by atoms with Crippen molar-refractivity contribution in [1.29, 1.82) is 0 Å². The van der Waals surface area contributed by atoms with E-state index < -0.39 is 0 Å². The summed E-state index contributed by atoms with van der Waals surface area (Å²) in [6, 6.07) is 1.40. The highest BCUT2D eigenvalue weighted by Crippen LogP contribution is 2.33. The molecule has 24 heavy (non-hydrogen) atoms. The summed E-state index contributed by atoms with van der Waals surface area (Å²) in [6.45, 7) is 9.85. The topological polar surface area (TPSA) is 35.6 Å². The number of hydrogen-bond acceptors (Lipinski definition) is 3. The summed E-state index contributed by atoms with van der Waals surface area (Å²) >= 11 is 0. The minimum atomic E-state index is 0. The zero-order valence-electron chi connectivity index (χ0n) is 15.2. The number of piperidine rings is 1. The molecule has 1 amide bonds. The van der Waals surface area contributed by atoms with Crippen LogP contribution in [0.1, 0.15) is 52.4 Å². The maximum atomic E-state index is 12.6. The molecular formula is C18H35Cl2N3O. The molecule has 3 saturated heterocycles. The Morgan fingerprint density at radius 2 is 1.67 bits per heavy atom. The van der Waals surface area contributed by atoms with Crippen molar-refractivity contribution < 1.29 is 4.79 Å². The Hall–Kier alpha value is -0.0300. The fourth-order valence-electron chi connectivity index (χ4n) is 4.77. The first-order chi connectivity index (χ1) is 10.7. The van der Waals surface area contributed by atoms with Crippen LogP contribution in [-0.4, -0.2) is 60.5 Å². The van der Waals surface area contributed by atoms with E-state index in [-0.39, 0.29) is 24.8 Å². The average Bonchev–Trinajstić information content (AvgIpc) is 3.11. The molecule has 1 N–H and O–H groups in total. The SMILES string of the molecule is CCN(CC)CC1CCN(C(=O)CC2CC3CCC(C2)N3)C1.Cl.Cl. The quantitative estimate of drug-likeness (QED) is 0.770. The van der Waals surface area contributed by atoms with E-state index in [1.54, 1.807) is 0 Å². The van der Waals surface area contributed by atoms with Gasteiger partial charge in [0.1, 0.15) is 0 Å². The molecule has 3 heterocycles. The standard InChI is InChI=1S/C18H33N3O.2ClH/c1-3-20(4-2)12-14-7-8-21(13-14)18(22)11-15-9-16-5-6-17(10-15)19-16;;/h14-17,19H,3-13H2,1-2H3;2*1H. The van der Waals surface area contributed by atoms with Crippen LogP contribution < -0.4 is 5.32 Å². The van der Waals surface area contributed by atoms with Crippen molar-refractivity contribution >= 4 is 30.7 Å². The van der Waals surface area contributed by atoms with Crippen molar-refractivity contribution in [1.82, 2.24) is 15.1 Å².